The van der Waals surface area contributed by atoms with Crippen LogP contribution in [0.3, 0.4) is 0 Å². The molecule has 4 heteroatoms. The maximum Gasteiger partial charge on any atom is 0.157 e. The van der Waals surface area contributed by atoms with Crippen LogP contribution < -0.4 is 0 Å². The first-order chi connectivity index (χ1) is 8.24. The van der Waals surface area contributed by atoms with Crippen LogP contribution in [0, 0.1) is 0 Å². The van der Waals surface area contributed by atoms with Crippen LogP contribution in [0.4, 0.5) is 0 Å². The molecule has 0 bridgehead atoms. The van der Waals surface area contributed by atoms with E-state index in [1.54, 1.807) is 0 Å². The summed E-state index contributed by atoms with van der Waals surface area (Å²) in [5.41, 5.74) is 0. The lowest BCUT2D eigenvalue weighted by Crippen LogP contribution is -2.19. The van der Waals surface area contributed by atoms with Gasteiger partial charge in [-0.3, -0.25) is 0 Å². The minimum absolute atomic E-state index is 0.110. The lowest BCUT2D eigenvalue weighted by molar-refractivity contribution is -0.146. The SMILES string of the molecule is CCCOC(CCCCC(O)CO)OCCC. The highest BCUT2D eigenvalue weighted by atomic mass is 16.7. The van der Waals surface area contributed by atoms with Crippen molar-refractivity contribution in [3.05, 3.63) is 0 Å². The number of hydrogen-bond donors (Lipinski definition) is 2. The second-order valence-electron chi connectivity index (χ2n) is 4.29. The highest BCUT2D eigenvalue weighted by Gasteiger charge is 2.09. The molecular weight excluding hydrogens is 220 g/mol. The molecule has 0 radical (unpaired) electrons. The fraction of sp³-hybridized carbons (Fsp3) is 1.00. The van der Waals surface area contributed by atoms with Gasteiger partial charge in [0.15, 0.2) is 6.29 Å². The summed E-state index contributed by atoms with van der Waals surface area (Å²) in [5, 5.41) is 17.9. The van der Waals surface area contributed by atoms with E-state index >= 15 is 0 Å². The third kappa shape index (κ3) is 10.7. The Hall–Kier alpha value is -0.160. The third-order valence-electron chi connectivity index (χ3n) is 2.45. The van der Waals surface area contributed by atoms with E-state index in [0.717, 1.165) is 45.3 Å². The first-order valence-electron chi connectivity index (χ1n) is 6.76. The average molecular weight is 248 g/mol. The van der Waals surface area contributed by atoms with Crippen LogP contribution in [0.15, 0.2) is 0 Å². The summed E-state index contributed by atoms with van der Waals surface area (Å²) in [6, 6.07) is 0. The second-order valence-corrected chi connectivity index (χ2v) is 4.29. The normalized spacial score (nSPS) is 13.2. The molecular formula is C13H28O4. The van der Waals surface area contributed by atoms with Gasteiger partial charge in [0.2, 0.25) is 0 Å². The van der Waals surface area contributed by atoms with Crippen molar-refractivity contribution in [3.8, 4) is 0 Å². The Morgan fingerprint density at radius 1 is 0.941 bits per heavy atom. The molecule has 1 atom stereocenters. The predicted octanol–water partition coefficient (Wildman–Crippen LogP) is 2.08. The summed E-state index contributed by atoms with van der Waals surface area (Å²) in [6.07, 6.45) is 4.65. The molecule has 104 valence electrons. The highest BCUT2D eigenvalue weighted by molar-refractivity contribution is 4.55. The van der Waals surface area contributed by atoms with Gasteiger partial charge in [0.25, 0.3) is 0 Å². The van der Waals surface area contributed by atoms with Crippen molar-refractivity contribution in [2.45, 2.75) is 64.8 Å². The van der Waals surface area contributed by atoms with E-state index in [1.807, 2.05) is 0 Å². The van der Waals surface area contributed by atoms with E-state index in [-0.39, 0.29) is 12.9 Å². The lowest BCUT2D eigenvalue weighted by Gasteiger charge is -2.18. The minimum atomic E-state index is -0.582. The van der Waals surface area contributed by atoms with Crippen LogP contribution in [0.25, 0.3) is 0 Å². The highest BCUT2D eigenvalue weighted by Crippen LogP contribution is 2.10. The Balaban J connectivity index is 3.59. The van der Waals surface area contributed by atoms with Crippen LogP contribution in [-0.2, 0) is 9.47 Å². The zero-order valence-electron chi connectivity index (χ0n) is 11.2. The molecule has 1 unspecified atom stereocenters. The number of aliphatic hydroxyl groups excluding tert-OH is 2. The maximum atomic E-state index is 9.19. The first kappa shape index (κ1) is 16.8. The molecule has 0 aromatic carbocycles. The summed E-state index contributed by atoms with van der Waals surface area (Å²) < 4.78 is 11.2. The molecule has 0 saturated carbocycles. The summed E-state index contributed by atoms with van der Waals surface area (Å²) in [5.74, 6) is 0. The monoisotopic (exact) mass is 248 g/mol. The van der Waals surface area contributed by atoms with Crippen LogP contribution in [0.5, 0.6) is 0 Å². The number of aliphatic hydroxyl groups is 2. The Morgan fingerprint density at radius 2 is 1.47 bits per heavy atom. The molecule has 2 N–H and O–H groups in total. The Kier molecular flexibility index (Phi) is 12.2. The Labute approximate surface area is 105 Å². The molecule has 4 nitrogen and oxygen atoms in total. The molecule has 17 heavy (non-hydrogen) atoms. The minimum Gasteiger partial charge on any atom is -0.394 e. The van der Waals surface area contributed by atoms with Crippen LogP contribution in [-0.4, -0.2) is 42.4 Å². The average Bonchev–Trinajstić information content (AvgIpc) is 2.36. The molecule has 0 saturated heterocycles. The molecule has 0 heterocycles. The van der Waals surface area contributed by atoms with Crippen molar-refractivity contribution >= 4 is 0 Å². The van der Waals surface area contributed by atoms with Gasteiger partial charge in [0.05, 0.1) is 12.7 Å². The fourth-order valence-electron chi connectivity index (χ4n) is 1.50. The molecule has 0 amide bonds. The first-order valence-corrected chi connectivity index (χ1v) is 6.76. The largest absolute Gasteiger partial charge is 0.394 e. The van der Waals surface area contributed by atoms with Gasteiger partial charge >= 0.3 is 0 Å². The second kappa shape index (κ2) is 12.3. The molecule has 0 fully saturated rings. The zero-order valence-corrected chi connectivity index (χ0v) is 11.2. The Morgan fingerprint density at radius 3 is 1.94 bits per heavy atom. The van der Waals surface area contributed by atoms with Gasteiger partial charge in [-0.1, -0.05) is 20.3 Å². The fourth-order valence-corrected chi connectivity index (χ4v) is 1.50. The summed E-state index contributed by atoms with van der Waals surface area (Å²) in [6.45, 7) is 5.46. The topological polar surface area (TPSA) is 58.9 Å². The van der Waals surface area contributed by atoms with Gasteiger partial charge in [-0.25, -0.2) is 0 Å². The van der Waals surface area contributed by atoms with Gasteiger partial charge in [-0.15, -0.1) is 0 Å². The van der Waals surface area contributed by atoms with Gasteiger partial charge in [0, 0.05) is 13.2 Å². The van der Waals surface area contributed by atoms with E-state index in [9.17, 15) is 5.11 Å². The quantitative estimate of drug-likeness (QED) is 0.410. The van der Waals surface area contributed by atoms with Crippen molar-refractivity contribution < 1.29 is 19.7 Å². The number of hydrogen-bond acceptors (Lipinski definition) is 4. The van der Waals surface area contributed by atoms with Crippen molar-refractivity contribution in [2.24, 2.45) is 0 Å². The van der Waals surface area contributed by atoms with E-state index in [4.69, 9.17) is 14.6 Å². The number of unbranched alkanes of at least 4 members (excludes halogenated alkanes) is 1. The number of rotatable bonds is 12. The van der Waals surface area contributed by atoms with Crippen molar-refractivity contribution in [3.63, 3.8) is 0 Å². The maximum absolute atomic E-state index is 9.19. The lowest BCUT2D eigenvalue weighted by atomic mass is 10.1. The summed E-state index contributed by atoms with van der Waals surface area (Å²) >= 11 is 0. The standard InChI is InChI=1S/C13H28O4/c1-3-9-16-13(17-10-4-2)8-6-5-7-12(15)11-14/h12-15H,3-11H2,1-2H3. The van der Waals surface area contributed by atoms with Crippen molar-refractivity contribution in [1.29, 1.82) is 0 Å². The summed E-state index contributed by atoms with van der Waals surface area (Å²) in [7, 11) is 0. The van der Waals surface area contributed by atoms with Crippen LogP contribution >= 0.6 is 0 Å². The van der Waals surface area contributed by atoms with Gasteiger partial charge in [-0.2, -0.15) is 0 Å². The molecule has 0 rings (SSSR count). The molecule has 0 aliphatic rings. The van der Waals surface area contributed by atoms with E-state index in [2.05, 4.69) is 13.8 Å². The molecule has 0 aliphatic heterocycles. The van der Waals surface area contributed by atoms with Crippen molar-refractivity contribution in [1.82, 2.24) is 0 Å². The molecule has 0 spiro atoms. The molecule has 0 aromatic heterocycles. The van der Waals surface area contributed by atoms with E-state index in [1.165, 1.54) is 0 Å². The molecule has 0 aliphatic carbocycles. The van der Waals surface area contributed by atoms with E-state index in [0.29, 0.717) is 6.42 Å². The zero-order chi connectivity index (χ0) is 12.9. The van der Waals surface area contributed by atoms with Crippen LogP contribution in [0.2, 0.25) is 0 Å². The predicted molar refractivity (Wildman–Crippen MR) is 67.8 cm³/mol. The number of ether oxygens (including phenoxy) is 2. The smallest absolute Gasteiger partial charge is 0.157 e. The third-order valence-corrected chi connectivity index (χ3v) is 2.45. The van der Waals surface area contributed by atoms with Crippen LogP contribution in [0.1, 0.15) is 52.4 Å². The van der Waals surface area contributed by atoms with E-state index < -0.39 is 6.10 Å². The van der Waals surface area contributed by atoms with Crippen molar-refractivity contribution in [2.75, 3.05) is 19.8 Å². The van der Waals surface area contributed by atoms with Gasteiger partial charge < -0.3 is 19.7 Å². The molecule has 0 aromatic rings. The Bertz CT molecular complexity index is 144. The van der Waals surface area contributed by atoms with Gasteiger partial charge in [0.1, 0.15) is 0 Å². The van der Waals surface area contributed by atoms with Gasteiger partial charge in [-0.05, 0) is 32.1 Å². The summed E-state index contributed by atoms with van der Waals surface area (Å²) in [4.78, 5) is 0.